The van der Waals surface area contributed by atoms with Gasteiger partial charge in [0.2, 0.25) is 5.96 Å². The number of guanidine groups is 1. The monoisotopic (exact) mass is 417 g/mol. The molecule has 0 saturated carbocycles. The van der Waals surface area contributed by atoms with Crippen LogP contribution in [0.3, 0.4) is 0 Å². The normalized spacial score (nSPS) is 11.1. The summed E-state index contributed by atoms with van der Waals surface area (Å²) in [5.41, 5.74) is 5.11. The summed E-state index contributed by atoms with van der Waals surface area (Å²) in [5.74, 6) is 0.743. The fourth-order valence-corrected chi connectivity index (χ4v) is 3.16. The third-order valence-corrected chi connectivity index (χ3v) is 4.65. The van der Waals surface area contributed by atoms with E-state index < -0.39 is 0 Å². The molecule has 150 valence electrons. The van der Waals surface area contributed by atoms with Gasteiger partial charge in [-0.2, -0.15) is 13.5 Å². The van der Waals surface area contributed by atoms with E-state index in [1.165, 1.54) is 12.1 Å². The van der Waals surface area contributed by atoms with Crippen LogP contribution in [0.15, 0.2) is 53.7 Å². The first-order valence-corrected chi connectivity index (χ1v) is 9.54. The van der Waals surface area contributed by atoms with Crippen molar-refractivity contribution in [2.24, 2.45) is 4.99 Å². The maximum Gasteiger partial charge on any atom is 0.202 e. The van der Waals surface area contributed by atoms with Gasteiger partial charge < -0.3 is 10.2 Å². The van der Waals surface area contributed by atoms with Crippen LogP contribution < -0.4 is 14.9 Å². The minimum atomic E-state index is 0. The van der Waals surface area contributed by atoms with Gasteiger partial charge in [0, 0.05) is 38.9 Å². The van der Waals surface area contributed by atoms with Gasteiger partial charge in [-0.3, -0.25) is 14.8 Å². The smallest absolute Gasteiger partial charge is 0.202 e. The van der Waals surface area contributed by atoms with Gasteiger partial charge in [-0.15, -0.1) is 0 Å². The third-order valence-electron chi connectivity index (χ3n) is 3.97. The van der Waals surface area contributed by atoms with E-state index in [4.69, 9.17) is 4.98 Å². The van der Waals surface area contributed by atoms with E-state index in [9.17, 15) is 0 Å². The van der Waals surface area contributed by atoms with E-state index in [0.717, 1.165) is 40.8 Å². The molecule has 1 aromatic carbocycles. The summed E-state index contributed by atoms with van der Waals surface area (Å²) in [7, 11) is 5.82. The van der Waals surface area contributed by atoms with Crippen molar-refractivity contribution in [3.8, 4) is 22.6 Å². The fraction of sp³-hybridized carbons (Fsp3) is 0.263. The highest BCUT2D eigenvalue weighted by molar-refractivity contribution is 7.96. The van der Waals surface area contributed by atoms with Gasteiger partial charge in [0.25, 0.3) is 0 Å². The average Bonchev–Trinajstić information content (AvgIpc) is 2.66. The number of H-pyrrole nitrogens is 1. The Balaban J connectivity index is 0.00000280. The van der Waals surface area contributed by atoms with E-state index in [1.54, 1.807) is 7.05 Å². The minimum absolute atomic E-state index is 0. The number of benzene rings is 1. The maximum atomic E-state index is 4.80. The molecule has 9 heteroatoms. The molecule has 0 aliphatic heterocycles. The third kappa shape index (κ3) is 5.26. The molecule has 3 aromatic rings. The maximum absolute atomic E-state index is 4.80. The SMILES string of the molecule is CCNC(=NC)NSn1cc(-c2cccc(-c3cccc(N(C)C)c3)n2)[nH]1.S. The van der Waals surface area contributed by atoms with Crippen molar-refractivity contribution < 1.29 is 0 Å². The van der Waals surface area contributed by atoms with E-state index >= 15 is 0 Å². The summed E-state index contributed by atoms with van der Waals surface area (Å²) in [4.78, 5) is 11.0. The number of rotatable bonds is 6. The number of hydrogen-bond donors (Lipinski definition) is 3. The Morgan fingerprint density at radius 2 is 1.93 bits per heavy atom. The van der Waals surface area contributed by atoms with Crippen molar-refractivity contribution >= 4 is 37.3 Å². The largest absolute Gasteiger partial charge is 0.378 e. The Hall–Kier alpha value is -2.52. The Morgan fingerprint density at radius 3 is 2.61 bits per heavy atom. The number of aromatic nitrogens is 3. The zero-order chi connectivity index (χ0) is 19.2. The molecule has 0 amide bonds. The molecule has 28 heavy (non-hydrogen) atoms. The summed E-state index contributed by atoms with van der Waals surface area (Å²) < 4.78 is 5.02. The highest BCUT2D eigenvalue weighted by Gasteiger charge is 2.09. The molecule has 0 aliphatic rings. The van der Waals surface area contributed by atoms with Crippen molar-refractivity contribution in [3.05, 3.63) is 48.7 Å². The summed E-state index contributed by atoms with van der Waals surface area (Å²) >= 11 is 1.41. The van der Waals surface area contributed by atoms with Crippen LogP contribution in [0, 0.1) is 0 Å². The average molecular weight is 418 g/mol. The van der Waals surface area contributed by atoms with E-state index in [-0.39, 0.29) is 13.5 Å². The molecule has 2 aromatic heterocycles. The lowest BCUT2D eigenvalue weighted by Crippen LogP contribution is -2.34. The Labute approximate surface area is 177 Å². The van der Waals surface area contributed by atoms with Gasteiger partial charge >= 0.3 is 0 Å². The number of aromatic amines is 1. The molecule has 0 aliphatic carbocycles. The number of nitrogens with one attached hydrogen (secondary N) is 3. The highest BCUT2D eigenvalue weighted by Crippen LogP contribution is 2.25. The van der Waals surface area contributed by atoms with E-state index in [0.29, 0.717) is 0 Å². The van der Waals surface area contributed by atoms with Crippen LogP contribution in [0.4, 0.5) is 5.69 Å². The topological polar surface area (TPSA) is 73.3 Å². The summed E-state index contributed by atoms with van der Waals surface area (Å²) in [5, 5.41) is 6.41. The van der Waals surface area contributed by atoms with Crippen LogP contribution >= 0.6 is 25.6 Å². The van der Waals surface area contributed by atoms with Crippen molar-refractivity contribution in [2.45, 2.75) is 6.92 Å². The lowest BCUT2D eigenvalue weighted by atomic mass is 10.1. The molecule has 0 atom stereocenters. The second kappa shape index (κ2) is 10.1. The van der Waals surface area contributed by atoms with Gasteiger partial charge in [0.15, 0.2) is 0 Å². The molecule has 0 unspecified atom stereocenters. The number of hydrogen-bond acceptors (Lipinski definition) is 4. The lowest BCUT2D eigenvalue weighted by molar-refractivity contribution is 0.887. The lowest BCUT2D eigenvalue weighted by Gasteiger charge is -2.16. The van der Waals surface area contributed by atoms with Crippen molar-refractivity contribution in [1.29, 1.82) is 0 Å². The highest BCUT2D eigenvalue weighted by atomic mass is 32.2. The van der Waals surface area contributed by atoms with Crippen LogP contribution in [0.1, 0.15) is 6.92 Å². The Morgan fingerprint density at radius 1 is 1.21 bits per heavy atom. The van der Waals surface area contributed by atoms with E-state index in [2.05, 4.69) is 49.3 Å². The summed E-state index contributed by atoms with van der Waals surface area (Å²) in [6.45, 7) is 2.85. The Bertz CT molecular complexity index is 902. The van der Waals surface area contributed by atoms with Crippen LogP contribution in [-0.2, 0) is 0 Å². The molecule has 0 saturated heterocycles. The first kappa shape index (κ1) is 21.8. The standard InChI is InChI=1S/C19H25N7S.H2S/c1-5-21-19(20-2)24-27-26-13-18(23-26)17-11-7-10-16(22-17)14-8-6-9-15(12-14)25(3)4;/h6-13,23H,5H2,1-4H3,(H2,20,21,24);1H2. The van der Waals surface area contributed by atoms with Gasteiger partial charge in [-0.25, -0.2) is 9.07 Å². The van der Waals surface area contributed by atoms with Crippen molar-refractivity contribution in [3.63, 3.8) is 0 Å². The predicted molar refractivity (Wildman–Crippen MR) is 125 cm³/mol. The second-order valence-electron chi connectivity index (χ2n) is 6.13. The zero-order valence-corrected chi connectivity index (χ0v) is 18.3. The zero-order valence-electron chi connectivity index (χ0n) is 16.5. The molecule has 7 nitrogen and oxygen atoms in total. The van der Waals surface area contributed by atoms with Crippen molar-refractivity contribution in [2.75, 3.05) is 32.6 Å². The molecular formula is C19H27N7S2. The number of aliphatic imine (C=N–C) groups is 1. The molecule has 0 fully saturated rings. The molecule has 0 bridgehead atoms. The molecule has 3 N–H and O–H groups in total. The van der Waals surface area contributed by atoms with Crippen LogP contribution in [0.5, 0.6) is 0 Å². The van der Waals surface area contributed by atoms with Crippen LogP contribution in [-0.4, -0.2) is 47.8 Å². The first-order valence-electron chi connectivity index (χ1n) is 8.77. The van der Waals surface area contributed by atoms with Crippen LogP contribution in [0.2, 0.25) is 0 Å². The number of pyridine rings is 1. The summed E-state index contributed by atoms with van der Waals surface area (Å²) in [6.07, 6.45) is 2.00. The van der Waals surface area contributed by atoms with Gasteiger partial charge in [0.05, 0.1) is 35.4 Å². The molecule has 0 spiro atoms. The molecule has 0 radical (unpaired) electrons. The predicted octanol–water partition coefficient (Wildman–Crippen LogP) is 3.32. The molecule has 3 rings (SSSR count). The van der Waals surface area contributed by atoms with Gasteiger partial charge in [-0.1, -0.05) is 18.2 Å². The van der Waals surface area contributed by atoms with Gasteiger partial charge in [-0.05, 0) is 31.2 Å². The quantitative estimate of drug-likeness (QED) is 0.326. The first-order chi connectivity index (χ1) is 13.1. The number of nitrogens with zero attached hydrogens (tertiary/aromatic N) is 4. The van der Waals surface area contributed by atoms with E-state index in [1.807, 2.05) is 49.5 Å². The Kier molecular flexibility index (Phi) is 7.89. The van der Waals surface area contributed by atoms with Crippen LogP contribution in [0.25, 0.3) is 22.6 Å². The molecular weight excluding hydrogens is 390 g/mol. The fourth-order valence-electron chi connectivity index (χ4n) is 2.51. The second-order valence-corrected chi connectivity index (χ2v) is 6.91. The molecule has 2 heterocycles. The minimum Gasteiger partial charge on any atom is -0.378 e. The number of anilines is 1. The summed E-state index contributed by atoms with van der Waals surface area (Å²) in [6, 6.07) is 14.4. The van der Waals surface area contributed by atoms with Gasteiger partial charge in [0.1, 0.15) is 0 Å². The van der Waals surface area contributed by atoms with Crippen molar-refractivity contribution in [1.82, 2.24) is 24.2 Å².